The molecule has 0 aliphatic heterocycles. The summed E-state index contributed by atoms with van der Waals surface area (Å²) in [6, 6.07) is 24.6. The van der Waals surface area contributed by atoms with E-state index in [2.05, 4.69) is 67.2 Å². The van der Waals surface area contributed by atoms with E-state index in [9.17, 15) is 0 Å². The Hall–Kier alpha value is -2.34. The van der Waals surface area contributed by atoms with E-state index in [1.165, 1.54) is 27.5 Å². The van der Waals surface area contributed by atoms with Gasteiger partial charge in [-0.1, -0.05) is 60.7 Å². The number of hydrogen-bond acceptors (Lipinski definition) is 0. The predicted molar refractivity (Wildman–Crippen MR) is 82.1 cm³/mol. The summed E-state index contributed by atoms with van der Waals surface area (Å²) in [5.74, 6) is 0. The van der Waals surface area contributed by atoms with Crippen molar-refractivity contribution in [3.63, 3.8) is 0 Å². The molecule has 0 bridgehead atoms. The molecule has 0 saturated carbocycles. The molecule has 0 aliphatic carbocycles. The maximum absolute atomic E-state index is 3.85. The zero-order valence-corrected chi connectivity index (χ0v) is 10.8. The lowest BCUT2D eigenvalue weighted by Crippen LogP contribution is -1.89. The molecule has 0 aromatic heterocycles. The van der Waals surface area contributed by atoms with Gasteiger partial charge in [-0.15, -0.1) is 6.58 Å². The monoisotopic (exact) mass is 243 g/mol. The third-order valence-electron chi connectivity index (χ3n) is 3.30. The maximum atomic E-state index is 3.85. The van der Waals surface area contributed by atoms with Crippen LogP contribution in [0.2, 0.25) is 0 Å². The fraction of sp³-hybridized carbons (Fsp3) is 0.0526. The summed E-state index contributed by atoms with van der Waals surface area (Å²) >= 11 is 0. The first-order chi connectivity index (χ1) is 9.38. The molecule has 3 aromatic rings. The summed E-state index contributed by atoms with van der Waals surface area (Å²) in [4.78, 5) is 0. The van der Waals surface area contributed by atoms with Crippen molar-refractivity contribution in [1.29, 1.82) is 0 Å². The SMILES string of the molecule is C=CCc1[c]c2ccccc2cc1-c1ccccc1. The second-order valence-electron chi connectivity index (χ2n) is 4.61. The number of benzene rings is 3. The van der Waals surface area contributed by atoms with Crippen molar-refractivity contribution in [2.24, 2.45) is 0 Å². The largest absolute Gasteiger partial charge is 0.103 e. The number of allylic oxidation sites excluding steroid dienone is 1. The van der Waals surface area contributed by atoms with Gasteiger partial charge in [0.25, 0.3) is 0 Å². The lowest BCUT2D eigenvalue weighted by Gasteiger charge is -2.10. The molecule has 0 spiro atoms. The topological polar surface area (TPSA) is 0 Å². The Balaban J connectivity index is 2.26. The molecule has 0 atom stereocenters. The summed E-state index contributed by atoms with van der Waals surface area (Å²) in [5, 5.41) is 2.40. The van der Waals surface area contributed by atoms with Crippen LogP contribution in [-0.4, -0.2) is 0 Å². The molecule has 0 saturated heterocycles. The summed E-state index contributed by atoms with van der Waals surface area (Å²) in [7, 11) is 0. The molecule has 0 unspecified atom stereocenters. The van der Waals surface area contributed by atoms with E-state index in [0.717, 1.165) is 6.42 Å². The molecule has 0 fully saturated rings. The van der Waals surface area contributed by atoms with Gasteiger partial charge in [-0.2, -0.15) is 0 Å². The van der Waals surface area contributed by atoms with Gasteiger partial charge < -0.3 is 0 Å². The Labute approximate surface area is 114 Å². The first kappa shape index (κ1) is 11.7. The molecule has 19 heavy (non-hydrogen) atoms. The standard InChI is InChI=1S/C19H15/c1-2-8-18-13-16-11-6-7-12-17(16)14-19(18)15-9-4-3-5-10-15/h2-7,9-12,14H,1,8H2. The van der Waals surface area contributed by atoms with Gasteiger partial charge in [0, 0.05) is 0 Å². The minimum Gasteiger partial charge on any atom is -0.103 e. The Kier molecular flexibility index (Phi) is 3.16. The van der Waals surface area contributed by atoms with E-state index in [-0.39, 0.29) is 0 Å². The van der Waals surface area contributed by atoms with Crippen LogP contribution >= 0.6 is 0 Å². The second-order valence-corrected chi connectivity index (χ2v) is 4.61. The zero-order valence-electron chi connectivity index (χ0n) is 10.8. The first-order valence-corrected chi connectivity index (χ1v) is 6.49. The van der Waals surface area contributed by atoms with Gasteiger partial charge in [0.05, 0.1) is 0 Å². The minimum absolute atomic E-state index is 0.842. The number of fused-ring (bicyclic) bond motifs is 1. The summed E-state index contributed by atoms with van der Waals surface area (Å²) in [6.07, 6.45) is 2.78. The molecule has 0 amide bonds. The van der Waals surface area contributed by atoms with E-state index in [1.807, 2.05) is 12.1 Å². The molecular weight excluding hydrogens is 228 g/mol. The second kappa shape index (κ2) is 5.11. The predicted octanol–water partition coefficient (Wildman–Crippen LogP) is 5.04. The van der Waals surface area contributed by atoms with Crippen LogP contribution in [0.25, 0.3) is 21.9 Å². The van der Waals surface area contributed by atoms with Crippen molar-refractivity contribution in [3.05, 3.63) is 84.9 Å². The summed E-state index contributed by atoms with van der Waals surface area (Å²) in [6.45, 7) is 3.85. The normalized spacial score (nSPS) is 10.5. The van der Waals surface area contributed by atoms with Gasteiger partial charge in [0.2, 0.25) is 0 Å². The molecule has 0 N–H and O–H groups in total. The number of rotatable bonds is 3. The van der Waals surface area contributed by atoms with Crippen LogP contribution in [0.1, 0.15) is 5.56 Å². The van der Waals surface area contributed by atoms with Crippen LogP contribution in [0, 0.1) is 6.07 Å². The Morgan fingerprint density at radius 3 is 2.47 bits per heavy atom. The quantitative estimate of drug-likeness (QED) is 0.566. The summed E-state index contributed by atoms with van der Waals surface area (Å²) < 4.78 is 0. The van der Waals surface area contributed by atoms with E-state index in [4.69, 9.17) is 0 Å². The van der Waals surface area contributed by atoms with Gasteiger partial charge in [0.1, 0.15) is 0 Å². The van der Waals surface area contributed by atoms with Crippen molar-refractivity contribution < 1.29 is 0 Å². The molecule has 1 radical (unpaired) electrons. The van der Waals surface area contributed by atoms with Crippen molar-refractivity contribution >= 4 is 10.8 Å². The molecule has 0 aliphatic rings. The van der Waals surface area contributed by atoms with Crippen molar-refractivity contribution in [3.8, 4) is 11.1 Å². The molecular formula is C19H15. The Bertz CT molecular complexity index is 708. The fourth-order valence-electron chi connectivity index (χ4n) is 2.39. The lowest BCUT2D eigenvalue weighted by atomic mass is 9.94. The zero-order chi connectivity index (χ0) is 13.1. The third-order valence-corrected chi connectivity index (χ3v) is 3.30. The van der Waals surface area contributed by atoms with Crippen molar-refractivity contribution in [2.45, 2.75) is 6.42 Å². The van der Waals surface area contributed by atoms with Gasteiger partial charge in [-0.25, -0.2) is 0 Å². The van der Waals surface area contributed by atoms with Crippen LogP contribution in [0.15, 0.2) is 73.3 Å². The Morgan fingerprint density at radius 1 is 0.947 bits per heavy atom. The molecule has 3 rings (SSSR count). The van der Waals surface area contributed by atoms with Gasteiger partial charge in [-0.3, -0.25) is 0 Å². The van der Waals surface area contributed by atoms with E-state index in [1.54, 1.807) is 0 Å². The minimum atomic E-state index is 0.842. The van der Waals surface area contributed by atoms with Gasteiger partial charge in [0.15, 0.2) is 0 Å². The van der Waals surface area contributed by atoms with Crippen LogP contribution in [0.5, 0.6) is 0 Å². The maximum Gasteiger partial charge on any atom is -0.00546 e. The molecule has 0 nitrogen and oxygen atoms in total. The molecule has 0 heteroatoms. The van der Waals surface area contributed by atoms with Crippen LogP contribution in [0.3, 0.4) is 0 Å². The lowest BCUT2D eigenvalue weighted by molar-refractivity contribution is 1.28. The average molecular weight is 243 g/mol. The highest BCUT2D eigenvalue weighted by Gasteiger charge is 2.06. The molecule has 91 valence electrons. The highest BCUT2D eigenvalue weighted by Crippen LogP contribution is 2.28. The van der Waals surface area contributed by atoms with Crippen LogP contribution in [-0.2, 0) is 6.42 Å². The number of hydrogen-bond donors (Lipinski definition) is 0. The fourth-order valence-corrected chi connectivity index (χ4v) is 2.39. The highest BCUT2D eigenvalue weighted by molar-refractivity contribution is 5.88. The van der Waals surface area contributed by atoms with Gasteiger partial charge >= 0.3 is 0 Å². The average Bonchev–Trinajstić information content (AvgIpc) is 2.48. The van der Waals surface area contributed by atoms with Crippen LogP contribution < -0.4 is 0 Å². The van der Waals surface area contributed by atoms with E-state index in [0.29, 0.717) is 0 Å². The van der Waals surface area contributed by atoms with E-state index < -0.39 is 0 Å². The summed E-state index contributed by atoms with van der Waals surface area (Å²) in [5.41, 5.74) is 3.69. The van der Waals surface area contributed by atoms with Crippen molar-refractivity contribution in [2.75, 3.05) is 0 Å². The smallest absolute Gasteiger partial charge is 0.00546 e. The Morgan fingerprint density at radius 2 is 1.68 bits per heavy atom. The third kappa shape index (κ3) is 2.30. The highest BCUT2D eigenvalue weighted by atomic mass is 14.1. The van der Waals surface area contributed by atoms with Crippen LogP contribution in [0.4, 0.5) is 0 Å². The molecule has 3 aromatic carbocycles. The first-order valence-electron chi connectivity index (χ1n) is 6.49. The molecule has 0 heterocycles. The van der Waals surface area contributed by atoms with Gasteiger partial charge in [-0.05, 0) is 46.0 Å². The van der Waals surface area contributed by atoms with E-state index >= 15 is 0 Å². The van der Waals surface area contributed by atoms with Crippen molar-refractivity contribution in [1.82, 2.24) is 0 Å².